The number of nitrogens with zero attached hydrogens (tertiary/aromatic N) is 5. The molecule has 7 nitrogen and oxygen atoms in total. The molecule has 2 aromatic rings. The van der Waals surface area contributed by atoms with E-state index in [-0.39, 0.29) is 18.5 Å². The molecule has 2 aromatic heterocycles. The number of piperidine rings is 1. The Kier molecular flexibility index (Phi) is 4.89. The van der Waals surface area contributed by atoms with Gasteiger partial charge in [0.25, 0.3) is 0 Å². The van der Waals surface area contributed by atoms with Gasteiger partial charge >= 0.3 is 12.1 Å². The quantitative estimate of drug-likeness (QED) is 0.832. The Morgan fingerprint density at radius 3 is 2.60 bits per heavy atom. The molecule has 1 saturated heterocycles. The molecule has 3 rings (SSSR count). The summed E-state index contributed by atoms with van der Waals surface area (Å²) in [4.78, 5) is 10.5. The Labute approximate surface area is 142 Å². The van der Waals surface area contributed by atoms with Crippen LogP contribution in [-0.2, 0) is 12.7 Å². The second kappa shape index (κ2) is 6.95. The van der Waals surface area contributed by atoms with E-state index < -0.39 is 12.1 Å². The summed E-state index contributed by atoms with van der Waals surface area (Å²) in [6, 6.07) is 0. The average Bonchev–Trinajstić information content (AvgIpc) is 3.02. The van der Waals surface area contributed by atoms with Crippen molar-refractivity contribution in [1.82, 2.24) is 25.1 Å². The molecule has 0 amide bonds. The van der Waals surface area contributed by atoms with Gasteiger partial charge < -0.3 is 9.15 Å². The van der Waals surface area contributed by atoms with E-state index in [1.54, 1.807) is 6.20 Å². The number of rotatable bonds is 4. The lowest BCUT2D eigenvalue weighted by Gasteiger charge is -2.31. The molecule has 10 heteroatoms. The number of hydrogen-bond acceptors (Lipinski definition) is 7. The van der Waals surface area contributed by atoms with Gasteiger partial charge in [-0.25, -0.2) is 4.98 Å². The van der Waals surface area contributed by atoms with Gasteiger partial charge in [-0.15, -0.1) is 10.2 Å². The maximum atomic E-state index is 12.5. The van der Waals surface area contributed by atoms with Crippen molar-refractivity contribution in [3.63, 3.8) is 0 Å². The molecule has 1 fully saturated rings. The first-order chi connectivity index (χ1) is 11.8. The van der Waals surface area contributed by atoms with Crippen molar-refractivity contribution in [2.24, 2.45) is 0 Å². The zero-order valence-corrected chi connectivity index (χ0v) is 13.9. The third-order valence-electron chi connectivity index (χ3n) is 3.91. The van der Waals surface area contributed by atoms with E-state index >= 15 is 0 Å². The van der Waals surface area contributed by atoms with Gasteiger partial charge in [-0.2, -0.15) is 13.2 Å². The van der Waals surface area contributed by atoms with Crippen molar-refractivity contribution in [2.75, 3.05) is 13.1 Å². The first-order valence-corrected chi connectivity index (χ1v) is 7.90. The number of halogens is 3. The van der Waals surface area contributed by atoms with Crippen LogP contribution in [0.15, 0.2) is 10.6 Å². The van der Waals surface area contributed by atoms with Gasteiger partial charge in [0.05, 0.1) is 17.9 Å². The van der Waals surface area contributed by atoms with Crippen LogP contribution in [0.2, 0.25) is 0 Å². The second-order valence-electron chi connectivity index (χ2n) is 5.99. The molecule has 0 N–H and O–H groups in total. The van der Waals surface area contributed by atoms with Crippen molar-refractivity contribution in [1.29, 1.82) is 0 Å². The Bertz CT molecular complexity index is 726. The lowest BCUT2D eigenvalue weighted by atomic mass is 10.1. The second-order valence-corrected chi connectivity index (χ2v) is 5.99. The summed E-state index contributed by atoms with van der Waals surface area (Å²) in [5.74, 6) is -0.813. The smallest absolute Gasteiger partial charge is 0.470 e. The number of ether oxygens (including phenoxy) is 1. The lowest BCUT2D eigenvalue weighted by molar-refractivity contribution is -0.157. The molecule has 3 heterocycles. The Hall–Kier alpha value is -2.23. The molecule has 25 heavy (non-hydrogen) atoms. The Morgan fingerprint density at radius 2 is 1.96 bits per heavy atom. The van der Waals surface area contributed by atoms with E-state index in [2.05, 4.69) is 24.6 Å². The number of aryl methyl sites for hydroxylation is 2. The SMILES string of the molecule is Cc1cnc(C)c(OC2CCN(Cc3nnc(C(F)(F)F)o3)CC2)n1. The van der Waals surface area contributed by atoms with Crippen molar-refractivity contribution < 1.29 is 22.3 Å². The van der Waals surface area contributed by atoms with Crippen LogP contribution in [0.4, 0.5) is 13.2 Å². The third kappa shape index (κ3) is 4.44. The maximum Gasteiger partial charge on any atom is 0.470 e. The van der Waals surface area contributed by atoms with Gasteiger partial charge in [-0.05, 0) is 26.7 Å². The zero-order valence-electron chi connectivity index (χ0n) is 13.9. The van der Waals surface area contributed by atoms with Crippen LogP contribution in [0.3, 0.4) is 0 Å². The number of alkyl halides is 3. The van der Waals surface area contributed by atoms with E-state index in [1.807, 2.05) is 18.7 Å². The summed E-state index contributed by atoms with van der Waals surface area (Å²) >= 11 is 0. The van der Waals surface area contributed by atoms with Crippen LogP contribution in [0, 0.1) is 13.8 Å². The maximum absolute atomic E-state index is 12.5. The predicted molar refractivity (Wildman–Crippen MR) is 79.7 cm³/mol. The fourth-order valence-corrected chi connectivity index (χ4v) is 2.59. The van der Waals surface area contributed by atoms with Crippen LogP contribution >= 0.6 is 0 Å². The molecule has 0 unspecified atom stereocenters. The molecule has 1 aliphatic rings. The van der Waals surface area contributed by atoms with Gasteiger partial charge in [0.1, 0.15) is 6.10 Å². The summed E-state index contributed by atoms with van der Waals surface area (Å²) in [7, 11) is 0. The number of hydrogen-bond donors (Lipinski definition) is 0. The molecular weight excluding hydrogens is 339 g/mol. The third-order valence-corrected chi connectivity index (χ3v) is 3.91. The predicted octanol–water partition coefficient (Wildman–Crippen LogP) is 2.54. The fraction of sp³-hybridized carbons (Fsp3) is 0.600. The van der Waals surface area contributed by atoms with Crippen molar-refractivity contribution in [3.05, 3.63) is 29.4 Å². The number of aromatic nitrogens is 4. The molecular formula is C15H18F3N5O2. The monoisotopic (exact) mass is 357 g/mol. The van der Waals surface area contributed by atoms with Gasteiger partial charge in [0.2, 0.25) is 11.8 Å². The lowest BCUT2D eigenvalue weighted by Crippen LogP contribution is -2.38. The molecule has 0 spiro atoms. The van der Waals surface area contributed by atoms with Crippen molar-refractivity contribution in [3.8, 4) is 5.88 Å². The fourth-order valence-electron chi connectivity index (χ4n) is 2.59. The van der Waals surface area contributed by atoms with E-state index in [1.165, 1.54) is 0 Å². The van der Waals surface area contributed by atoms with Gasteiger partial charge in [-0.1, -0.05) is 0 Å². The summed E-state index contributed by atoms with van der Waals surface area (Å²) in [6.45, 7) is 5.20. The first-order valence-electron chi connectivity index (χ1n) is 7.90. The molecule has 0 saturated carbocycles. The zero-order chi connectivity index (χ0) is 18.0. The topological polar surface area (TPSA) is 77.2 Å². The van der Waals surface area contributed by atoms with Crippen molar-refractivity contribution in [2.45, 2.75) is 45.5 Å². The van der Waals surface area contributed by atoms with Crippen LogP contribution in [-0.4, -0.2) is 44.3 Å². The first kappa shape index (κ1) is 17.6. The molecule has 0 bridgehead atoms. The minimum Gasteiger partial charge on any atom is -0.473 e. The van der Waals surface area contributed by atoms with E-state index in [4.69, 9.17) is 4.74 Å². The van der Waals surface area contributed by atoms with Crippen LogP contribution in [0.25, 0.3) is 0 Å². The normalized spacial score (nSPS) is 17.0. The van der Waals surface area contributed by atoms with Crippen molar-refractivity contribution >= 4 is 0 Å². The van der Waals surface area contributed by atoms with E-state index in [0.717, 1.165) is 24.2 Å². The summed E-state index contributed by atoms with van der Waals surface area (Å²) < 4.78 is 48.0. The molecule has 0 aromatic carbocycles. The largest absolute Gasteiger partial charge is 0.473 e. The van der Waals surface area contributed by atoms with Crippen LogP contribution in [0.5, 0.6) is 5.88 Å². The van der Waals surface area contributed by atoms with Gasteiger partial charge in [-0.3, -0.25) is 9.88 Å². The van der Waals surface area contributed by atoms with E-state index in [9.17, 15) is 13.2 Å². The average molecular weight is 357 g/mol. The number of likely N-dealkylation sites (tertiary alicyclic amines) is 1. The van der Waals surface area contributed by atoms with Crippen LogP contribution in [0.1, 0.15) is 36.0 Å². The summed E-state index contributed by atoms with van der Waals surface area (Å²) in [5, 5.41) is 6.49. The van der Waals surface area contributed by atoms with Crippen LogP contribution < -0.4 is 4.74 Å². The molecule has 0 atom stereocenters. The minimum atomic E-state index is -4.61. The summed E-state index contributed by atoms with van der Waals surface area (Å²) in [6.07, 6.45) is -1.46. The highest BCUT2D eigenvalue weighted by Gasteiger charge is 2.38. The standard InChI is InChI=1S/C15H18F3N5O2/c1-9-7-19-10(2)13(20-9)24-11-3-5-23(6-4-11)8-12-21-22-14(25-12)15(16,17)18/h7,11H,3-6,8H2,1-2H3. The van der Waals surface area contributed by atoms with Gasteiger partial charge in [0, 0.05) is 19.3 Å². The Morgan fingerprint density at radius 1 is 1.24 bits per heavy atom. The van der Waals surface area contributed by atoms with Gasteiger partial charge in [0.15, 0.2) is 0 Å². The summed E-state index contributed by atoms with van der Waals surface area (Å²) in [5.41, 5.74) is 1.52. The highest BCUT2D eigenvalue weighted by atomic mass is 19.4. The Balaban J connectivity index is 1.52. The van der Waals surface area contributed by atoms with E-state index in [0.29, 0.717) is 19.0 Å². The highest BCUT2D eigenvalue weighted by Crippen LogP contribution is 2.28. The molecule has 1 aliphatic heterocycles. The highest BCUT2D eigenvalue weighted by molar-refractivity contribution is 5.18. The minimum absolute atomic E-state index is 0.000490. The molecule has 0 radical (unpaired) electrons. The molecule has 136 valence electrons. The molecule has 0 aliphatic carbocycles.